The van der Waals surface area contributed by atoms with Crippen LogP contribution in [0.15, 0.2) is 21.7 Å². The van der Waals surface area contributed by atoms with Crippen molar-refractivity contribution in [3.63, 3.8) is 0 Å². The van der Waals surface area contributed by atoms with Crippen molar-refractivity contribution in [1.82, 2.24) is 0 Å². The van der Waals surface area contributed by atoms with Crippen molar-refractivity contribution in [2.75, 3.05) is 13.2 Å². The fourth-order valence-corrected chi connectivity index (χ4v) is 2.90. The maximum absolute atomic E-state index is 12.1. The fraction of sp³-hybridized carbons (Fsp3) is 0.625. The van der Waals surface area contributed by atoms with E-state index in [0.717, 1.165) is 6.08 Å². The highest BCUT2D eigenvalue weighted by Gasteiger charge is 2.55. The molecule has 0 N–H and O–H groups in total. The minimum absolute atomic E-state index is 0.136. The number of ether oxygens (including phenoxy) is 6. The topological polar surface area (TPSA) is 89.5 Å². The molecule has 0 amide bonds. The highest BCUT2D eigenvalue weighted by Crippen LogP contribution is 2.41. The van der Waals surface area contributed by atoms with Crippen LogP contribution in [0.25, 0.3) is 0 Å². The lowest BCUT2D eigenvalue weighted by atomic mass is 10.2. The first-order valence-electron chi connectivity index (χ1n) is 7.86. The molecule has 3 atom stereocenters. The third-order valence-corrected chi connectivity index (χ3v) is 3.91. The second-order valence-electron chi connectivity index (χ2n) is 5.62. The van der Waals surface area contributed by atoms with Crippen molar-refractivity contribution in [3.05, 3.63) is 21.7 Å². The standard InChI is InChI=1S/C16H21IO8/c1-5-20-11(18)7-9(14(19)21-6-2)22-12-10(8-17)23-15-13(12)24-16(3,4)25-15/h7-8,12-13,15H,5-6H2,1-4H3/b9-7+,10-8-/t12-,13-,15-/m1/s1. The molecule has 2 heterocycles. The number of carbonyl (C=O) groups is 2. The van der Waals surface area contributed by atoms with Crippen LogP contribution >= 0.6 is 22.6 Å². The number of halogens is 1. The zero-order valence-corrected chi connectivity index (χ0v) is 16.6. The third kappa shape index (κ3) is 4.85. The Balaban J connectivity index is 2.23. The van der Waals surface area contributed by atoms with Gasteiger partial charge in [-0.15, -0.1) is 0 Å². The molecule has 2 saturated heterocycles. The molecule has 0 aromatic rings. The van der Waals surface area contributed by atoms with E-state index in [1.807, 2.05) is 22.6 Å². The van der Waals surface area contributed by atoms with Crippen LogP contribution in [-0.2, 0) is 38.0 Å². The first kappa shape index (κ1) is 20.0. The van der Waals surface area contributed by atoms with E-state index in [9.17, 15) is 9.59 Å². The van der Waals surface area contributed by atoms with E-state index in [-0.39, 0.29) is 19.0 Å². The smallest absolute Gasteiger partial charge is 0.373 e. The lowest BCUT2D eigenvalue weighted by Crippen LogP contribution is -2.33. The molecular weight excluding hydrogens is 447 g/mol. The molecule has 0 radical (unpaired) electrons. The molecule has 2 aliphatic heterocycles. The SMILES string of the molecule is CCOC(=O)/C=C(/O[C@@H]1/C(=C/I)O[C@@H]2OC(C)(C)O[C@@H]21)C(=O)OCC. The average molecular weight is 468 g/mol. The Labute approximate surface area is 159 Å². The second-order valence-corrected chi connectivity index (χ2v) is 6.24. The van der Waals surface area contributed by atoms with Crippen molar-refractivity contribution in [2.45, 2.75) is 52.0 Å². The summed E-state index contributed by atoms with van der Waals surface area (Å²) >= 11 is 1.99. The van der Waals surface area contributed by atoms with Gasteiger partial charge < -0.3 is 28.4 Å². The summed E-state index contributed by atoms with van der Waals surface area (Å²) in [6, 6.07) is 0. The Hall–Kier alpha value is -1.33. The van der Waals surface area contributed by atoms with Crippen LogP contribution < -0.4 is 0 Å². The van der Waals surface area contributed by atoms with E-state index in [1.54, 1.807) is 31.8 Å². The van der Waals surface area contributed by atoms with Crippen LogP contribution in [0, 0.1) is 0 Å². The van der Waals surface area contributed by atoms with Gasteiger partial charge in [0, 0.05) is 4.08 Å². The van der Waals surface area contributed by atoms with Gasteiger partial charge in [0.05, 0.1) is 19.3 Å². The van der Waals surface area contributed by atoms with Gasteiger partial charge in [0.15, 0.2) is 18.0 Å². The van der Waals surface area contributed by atoms with Crippen molar-refractivity contribution in [2.24, 2.45) is 0 Å². The van der Waals surface area contributed by atoms with Crippen LogP contribution in [0.2, 0.25) is 0 Å². The van der Waals surface area contributed by atoms with Gasteiger partial charge in [-0.2, -0.15) is 0 Å². The number of esters is 2. The molecule has 9 heteroatoms. The quantitative estimate of drug-likeness (QED) is 0.254. The second kappa shape index (κ2) is 8.37. The Morgan fingerprint density at radius 3 is 2.48 bits per heavy atom. The van der Waals surface area contributed by atoms with Crippen LogP contribution in [0.1, 0.15) is 27.7 Å². The average Bonchev–Trinajstić information content (AvgIpc) is 2.99. The van der Waals surface area contributed by atoms with E-state index in [0.29, 0.717) is 5.76 Å². The summed E-state index contributed by atoms with van der Waals surface area (Å²) in [7, 11) is 0. The molecule has 0 spiro atoms. The fourth-order valence-electron chi connectivity index (χ4n) is 2.40. The number of fused-ring (bicyclic) bond motifs is 1. The van der Waals surface area contributed by atoms with E-state index < -0.39 is 36.2 Å². The summed E-state index contributed by atoms with van der Waals surface area (Å²) < 4.78 is 34.3. The normalized spacial score (nSPS) is 29.1. The zero-order valence-electron chi connectivity index (χ0n) is 14.4. The lowest BCUT2D eigenvalue weighted by Gasteiger charge is -2.22. The van der Waals surface area contributed by atoms with Crippen LogP contribution in [-0.4, -0.2) is 49.4 Å². The number of rotatable bonds is 6. The van der Waals surface area contributed by atoms with E-state index in [2.05, 4.69) is 0 Å². The molecule has 0 aromatic heterocycles. The van der Waals surface area contributed by atoms with E-state index in [4.69, 9.17) is 28.4 Å². The highest BCUT2D eigenvalue weighted by molar-refractivity contribution is 14.1. The summed E-state index contributed by atoms with van der Waals surface area (Å²) in [5, 5.41) is 0. The molecule has 0 unspecified atom stereocenters. The number of carbonyl (C=O) groups excluding carboxylic acids is 2. The van der Waals surface area contributed by atoms with Gasteiger partial charge in [-0.1, -0.05) is 0 Å². The van der Waals surface area contributed by atoms with Gasteiger partial charge in [0.25, 0.3) is 0 Å². The van der Waals surface area contributed by atoms with Gasteiger partial charge in [-0.05, 0) is 50.3 Å². The van der Waals surface area contributed by atoms with Crippen molar-refractivity contribution < 1.29 is 38.0 Å². The van der Waals surface area contributed by atoms with Gasteiger partial charge in [0.1, 0.15) is 5.76 Å². The third-order valence-electron chi connectivity index (χ3n) is 3.29. The van der Waals surface area contributed by atoms with Crippen LogP contribution in [0.3, 0.4) is 0 Å². The molecule has 2 fully saturated rings. The summed E-state index contributed by atoms with van der Waals surface area (Å²) in [5.41, 5.74) is 0. The Morgan fingerprint density at radius 2 is 1.88 bits per heavy atom. The molecule has 8 nitrogen and oxygen atoms in total. The number of hydrogen-bond donors (Lipinski definition) is 0. The summed E-state index contributed by atoms with van der Waals surface area (Å²) in [5.74, 6) is -2.17. The molecular formula is C16H21IO8. The molecule has 0 saturated carbocycles. The zero-order chi connectivity index (χ0) is 18.6. The summed E-state index contributed by atoms with van der Waals surface area (Å²) in [6.45, 7) is 7.12. The molecule has 2 rings (SSSR count). The van der Waals surface area contributed by atoms with Gasteiger partial charge >= 0.3 is 11.9 Å². The van der Waals surface area contributed by atoms with Crippen molar-refractivity contribution in [1.29, 1.82) is 0 Å². The summed E-state index contributed by atoms with van der Waals surface area (Å²) in [4.78, 5) is 23.9. The van der Waals surface area contributed by atoms with Crippen molar-refractivity contribution >= 4 is 34.5 Å². The Morgan fingerprint density at radius 1 is 1.20 bits per heavy atom. The maximum Gasteiger partial charge on any atom is 0.373 e. The van der Waals surface area contributed by atoms with Crippen LogP contribution in [0.5, 0.6) is 0 Å². The van der Waals surface area contributed by atoms with Gasteiger partial charge in [-0.3, -0.25) is 0 Å². The molecule has 0 aromatic carbocycles. The lowest BCUT2D eigenvalue weighted by molar-refractivity contribution is -0.190. The molecule has 2 aliphatic rings. The predicted octanol–water partition coefficient (Wildman–Crippen LogP) is 2.17. The molecule has 25 heavy (non-hydrogen) atoms. The first-order chi connectivity index (χ1) is 11.8. The highest BCUT2D eigenvalue weighted by atomic mass is 127. The van der Waals surface area contributed by atoms with E-state index >= 15 is 0 Å². The molecule has 140 valence electrons. The number of hydrogen-bond acceptors (Lipinski definition) is 8. The predicted molar refractivity (Wildman–Crippen MR) is 93.2 cm³/mol. The minimum Gasteiger partial charge on any atom is -0.472 e. The Bertz CT molecular complexity index is 583. The van der Waals surface area contributed by atoms with E-state index in [1.165, 1.54) is 0 Å². The molecule has 0 bridgehead atoms. The minimum atomic E-state index is -0.845. The largest absolute Gasteiger partial charge is 0.472 e. The van der Waals surface area contributed by atoms with Gasteiger partial charge in [0.2, 0.25) is 12.0 Å². The van der Waals surface area contributed by atoms with Crippen molar-refractivity contribution in [3.8, 4) is 0 Å². The maximum atomic E-state index is 12.1. The molecule has 0 aliphatic carbocycles. The first-order valence-corrected chi connectivity index (χ1v) is 9.10. The summed E-state index contributed by atoms with van der Waals surface area (Å²) in [6.07, 6.45) is -1.04. The monoisotopic (exact) mass is 468 g/mol. The van der Waals surface area contributed by atoms with Crippen LogP contribution in [0.4, 0.5) is 0 Å². The van der Waals surface area contributed by atoms with Gasteiger partial charge in [-0.25, -0.2) is 9.59 Å². The Kier molecular flexibility index (Phi) is 6.69.